The number of aromatic nitrogens is 1. The van der Waals surface area contributed by atoms with Crippen molar-refractivity contribution in [3.8, 4) is 0 Å². The fourth-order valence-corrected chi connectivity index (χ4v) is 1.47. The van der Waals surface area contributed by atoms with Crippen LogP contribution in [-0.2, 0) is 9.47 Å². The van der Waals surface area contributed by atoms with Gasteiger partial charge < -0.3 is 20.5 Å². The largest absolute Gasteiger partial charge is 0.384 e. The molecule has 0 saturated heterocycles. The molecule has 1 aromatic rings. The Labute approximate surface area is 113 Å². The molecule has 0 aliphatic carbocycles. The average Bonchev–Trinajstić information content (AvgIpc) is 2.41. The number of carbonyl (C=O) groups excluding carboxylic acids is 1. The van der Waals surface area contributed by atoms with Crippen molar-refractivity contribution in [3.63, 3.8) is 0 Å². The van der Waals surface area contributed by atoms with Gasteiger partial charge in [-0.25, -0.2) is 4.98 Å². The van der Waals surface area contributed by atoms with Gasteiger partial charge in [0.15, 0.2) is 0 Å². The summed E-state index contributed by atoms with van der Waals surface area (Å²) in [4.78, 5) is 15.6. The van der Waals surface area contributed by atoms with Gasteiger partial charge in [-0.2, -0.15) is 0 Å². The van der Waals surface area contributed by atoms with Crippen molar-refractivity contribution in [2.24, 2.45) is 0 Å². The van der Waals surface area contributed by atoms with Crippen LogP contribution < -0.4 is 11.1 Å². The Bertz CT molecular complexity index is 385. The third-order valence-electron chi connectivity index (χ3n) is 2.48. The number of pyridine rings is 1. The molecule has 0 aromatic carbocycles. The number of anilines is 1. The first-order valence-corrected chi connectivity index (χ1v) is 6.30. The summed E-state index contributed by atoms with van der Waals surface area (Å²) in [7, 11) is 1.64. The molecule has 3 N–H and O–H groups in total. The van der Waals surface area contributed by atoms with E-state index in [9.17, 15) is 4.79 Å². The zero-order valence-corrected chi connectivity index (χ0v) is 11.2. The Hall–Kier alpha value is -1.66. The topological polar surface area (TPSA) is 86.5 Å². The van der Waals surface area contributed by atoms with Crippen LogP contribution in [0.2, 0.25) is 0 Å². The molecule has 1 rings (SSSR count). The highest BCUT2D eigenvalue weighted by atomic mass is 16.5. The molecule has 1 aromatic heterocycles. The molecule has 6 nitrogen and oxygen atoms in total. The molecule has 0 unspecified atom stereocenters. The summed E-state index contributed by atoms with van der Waals surface area (Å²) in [6.45, 7) is 2.52. The van der Waals surface area contributed by atoms with Crippen molar-refractivity contribution in [1.29, 1.82) is 0 Å². The van der Waals surface area contributed by atoms with Gasteiger partial charge in [0.05, 0.1) is 13.2 Å². The van der Waals surface area contributed by atoms with Crippen LogP contribution in [0.4, 0.5) is 5.82 Å². The van der Waals surface area contributed by atoms with Crippen LogP contribution in [0, 0.1) is 0 Å². The SMILES string of the molecule is COCCOCCCCNC(=O)c1ccnc(N)c1. The lowest BCUT2D eigenvalue weighted by Gasteiger charge is -2.06. The Balaban J connectivity index is 2.08. The minimum Gasteiger partial charge on any atom is -0.384 e. The zero-order valence-electron chi connectivity index (χ0n) is 11.2. The Morgan fingerprint density at radius 3 is 2.95 bits per heavy atom. The number of rotatable bonds is 9. The molecule has 0 aliphatic rings. The van der Waals surface area contributed by atoms with Crippen LogP contribution in [0.5, 0.6) is 0 Å². The van der Waals surface area contributed by atoms with Crippen LogP contribution in [0.25, 0.3) is 0 Å². The molecule has 6 heteroatoms. The highest BCUT2D eigenvalue weighted by molar-refractivity contribution is 5.94. The summed E-state index contributed by atoms with van der Waals surface area (Å²) >= 11 is 0. The van der Waals surface area contributed by atoms with Crippen LogP contribution in [0.3, 0.4) is 0 Å². The van der Waals surface area contributed by atoms with Crippen molar-refractivity contribution in [2.75, 3.05) is 39.2 Å². The first-order valence-electron chi connectivity index (χ1n) is 6.30. The Morgan fingerprint density at radius 2 is 2.21 bits per heavy atom. The maximum absolute atomic E-state index is 11.7. The second kappa shape index (κ2) is 9.29. The Kier molecular flexibility index (Phi) is 7.53. The fraction of sp³-hybridized carbons (Fsp3) is 0.538. The number of hydrogen-bond donors (Lipinski definition) is 2. The third-order valence-corrected chi connectivity index (χ3v) is 2.48. The summed E-state index contributed by atoms with van der Waals surface area (Å²) in [5.41, 5.74) is 6.04. The number of hydrogen-bond acceptors (Lipinski definition) is 5. The van der Waals surface area contributed by atoms with E-state index < -0.39 is 0 Å². The number of carbonyl (C=O) groups is 1. The van der Waals surface area contributed by atoms with Crippen LogP contribution in [0.15, 0.2) is 18.3 Å². The predicted molar refractivity (Wildman–Crippen MR) is 72.9 cm³/mol. The van der Waals surface area contributed by atoms with Crippen LogP contribution in [-0.4, -0.2) is 44.4 Å². The van der Waals surface area contributed by atoms with Gasteiger partial charge in [0.2, 0.25) is 0 Å². The van der Waals surface area contributed by atoms with E-state index in [0.717, 1.165) is 12.8 Å². The number of nitrogen functional groups attached to an aromatic ring is 1. The Morgan fingerprint density at radius 1 is 1.37 bits per heavy atom. The van der Waals surface area contributed by atoms with E-state index in [4.69, 9.17) is 15.2 Å². The third kappa shape index (κ3) is 6.73. The van der Waals surface area contributed by atoms with Gasteiger partial charge >= 0.3 is 0 Å². The molecule has 1 amide bonds. The van der Waals surface area contributed by atoms with E-state index in [1.165, 1.54) is 6.20 Å². The van der Waals surface area contributed by atoms with Crippen LogP contribution >= 0.6 is 0 Å². The van der Waals surface area contributed by atoms with Gasteiger partial charge in [-0.15, -0.1) is 0 Å². The molecule has 106 valence electrons. The molecule has 0 fully saturated rings. The summed E-state index contributed by atoms with van der Waals surface area (Å²) < 4.78 is 10.2. The maximum Gasteiger partial charge on any atom is 0.251 e. The standard InChI is InChI=1S/C13H21N3O3/c1-18-8-9-19-7-3-2-5-16-13(17)11-4-6-15-12(14)10-11/h4,6,10H,2-3,5,7-9H2,1H3,(H2,14,15)(H,16,17). The quantitative estimate of drug-likeness (QED) is 0.647. The lowest BCUT2D eigenvalue weighted by Crippen LogP contribution is -2.24. The van der Waals surface area contributed by atoms with Crippen molar-refractivity contribution >= 4 is 11.7 Å². The smallest absolute Gasteiger partial charge is 0.251 e. The molecular formula is C13H21N3O3. The van der Waals surface area contributed by atoms with E-state index >= 15 is 0 Å². The number of methoxy groups -OCH3 is 1. The summed E-state index contributed by atoms with van der Waals surface area (Å²) in [6.07, 6.45) is 3.30. The predicted octanol–water partition coefficient (Wildman–Crippen LogP) is 0.837. The molecule has 0 atom stereocenters. The number of ether oxygens (including phenoxy) is 2. The number of unbranched alkanes of at least 4 members (excludes halogenated alkanes) is 1. The fourth-order valence-electron chi connectivity index (χ4n) is 1.47. The molecule has 0 bridgehead atoms. The first kappa shape index (κ1) is 15.4. The highest BCUT2D eigenvalue weighted by Gasteiger charge is 2.04. The molecule has 19 heavy (non-hydrogen) atoms. The molecule has 1 heterocycles. The first-order chi connectivity index (χ1) is 9.24. The molecule has 0 radical (unpaired) electrons. The average molecular weight is 267 g/mol. The van der Waals surface area contributed by atoms with Crippen molar-refractivity contribution in [3.05, 3.63) is 23.9 Å². The number of nitrogens with zero attached hydrogens (tertiary/aromatic N) is 1. The summed E-state index contributed by atoms with van der Waals surface area (Å²) in [5.74, 6) is 0.216. The maximum atomic E-state index is 11.7. The van der Waals surface area contributed by atoms with Crippen molar-refractivity contribution in [1.82, 2.24) is 10.3 Å². The highest BCUT2D eigenvalue weighted by Crippen LogP contribution is 2.02. The minimum atomic E-state index is -0.130. The number of amides is 1. The normalized spacial score (nSPS) is 10.4. The van der Waals surface area contributed by atoms with Crippen LogP contribution in [0.1, 0.15) is 23.2 Å². The molecule has 0 spiro atoms. The van der Waals surface area contributed by atoms with E-state index in [2.05, 4.69) is 10.3 Å². The number of nitrogens with one attached hydrogen (secondary N) is 1. The van der Waals surface area contributed by atoms with Gasteiger partial charge in [-0.1, -0.05) is 0 Å². The van der Waals surface area contributed by atoms with E-state index in [-0.39, 0.29) is 5.91 Å². The monoisotopic (exact) mass is 267 g/mol. The molecule has 0 aliphatic heterocycles. The summed E-state index contributed by atoms with van der Waals surface area (Å²) in [5, 5.41) is 2.83. The number of nitrogens with two attached hydrogens (primary N) is 1. The van der Waals surface area contributed by atoms with E-state index in [1.54, 1.807) is 19.2 Å². The van der Waals surface area contributed by atoms with E-state index in [0.29, 0.717) is 37.7 Å². The van der Waals surface area contributed by atoms with E-state index in [1.807, 2.05) is 0 Å². The lowest BCUT2D eigenvalue weighted by atomic mass is 10.2. The van der Waals surface area contributed by atoms with Gasteiger partial charge in [0.1, 0.15) is 5.82 Å². The zero-order chi connectivity index (χ0) is 13.9. The lowest BCUT2D eigenvalue weighted by molar-refractivity contribution is 0.0686. The van der Waals surface area contributed by atoms with Gasteiger partial charge in [-0.3, -0.25) is 4.79 Å². The molecule has 0 saturated carbocycles. The second-order valence-corrected chi connectivity index (χ2v) is 4.04. The van der Waals surface area contributed by atoms with Gasteiger partial charge in [-0.05, 0) is 25.0 Å². The van der Waals surface area contributed by atoms with Crippen molar-refractivity contribution < 1.29 is 14.3 Å². The second-order valence-electron chi connectivity index (χ2n) is 4.04. The van der Waals surface area contributed by atoms with Crippen molar-refractivity contribution in [2.45, 2.75) is 12.8 Å². The van der Waals surface area contributed by atoms with Gasteiger partial charge in [0.25, 0.3) is 5.91 Å². The summed E-state index contributed by atoms with van der Waals surface area (Å²) in [6, 6.07) is 3.20. The minimum absolute atomic E-state index is 0.130. The van der Waals surface area contributed by atoms with Gasteiger partial charge in [0, 0.05) is 32.0 Å². The molecular weight excluding hydrogens is 246 g/mol.